The van der Waals surface area contributed by atoms with E-state index in [1.165, 1.54) is 6.92 Å². The summed E-state index contributed by atoms with van der Waals surface area (Å²) in [5, 5.41) is 6.06. The molecule has 1 aliphatic rings. The van der Waals surface area contributed by atoms with E-state index in [2.05, 4.69) is 27.2 Å². The van der Waals surface area contributed by atoms with Crippen molar-refractivity contribution < 1.29 is 27.4 Å². The molecule has 0 bridgehead atoms. The lowest BCUT2D eigenvalue weighted by molar-refractivity contribution is -0.141. The number of aromatic nitrogens is 2. The Balaban J connectivity index is 1.93. The first kappa shape index (κ1) is 34.4. The van der Waals surface area contributed by atoms with Gasteiger partial charge in [-0.3, -0.25) is 4.79 Å². The summed E-state index contributed by atoms with van der Waals surface area (Å²) < 4.78 is 52.9. The lowest BCUT2D eigenvalue weighted by atomic mass is 10.1. The van der Waals surface area contributed by atoms with Crippen LogP contribution in [0.1, 0.15) is 78.5 Å². The maximum absolute atomic E-state index is 13.8. The van der Waals surface area contributed by atoms with Gasteiger partial charge in [0.1, 0.15) is 18.0 Å². The van der Waals surface area contributed by atoms with Crippen molar-refractivity contribution in [3.63, 3.8) is 0 Å². The minimum Gasteiger partial charge on any atom is -0.474 e. The van der Waals surface area contributed by atoms with Crippen LogP contribution in [-0.2, 0) is 20.4 Å². The minimum absolute atomic E-state index is 0.0124. The van der Waals surface area contributed by atoms with Crippen molar-refractivity contribution in [3.8, 4) is 0 Å². The second-order valence-corrected chi connectivity index (χ2v) is 11.9. The van der Waals surface area contributed by atoms with Gasteiger partial charge in [-0.25, -0.2) is 4.98 Å². The van der Waals surface area contributed by atoms with E-state index in [1.807, 2.05) is 46.4 Å². The molecule has 2 heterocycles. The monoisotopic (exact) mass is 586 g/mol. The standard InChI is InChI=1S/C29H49F3N6O3/c1-9-15-37(18-14-33-22(5)41-28(6,7)8)24(39)19-40-23-11-16-38(17-12-23)26-21(4)25(29(30,31)32)35-27(36-26)34-13-10-20(2)3/h20,23,33H,5,9-19H2,1-4,6-8H3,(H,34,35,36). The average molecular weight is 587 g/mol. The number of anilines is 2. The number of ether oxygens (including phenoxy) is 2. The quantitative estimate of drug-likeness (QED) is 0.266. The lowest BCUT2D eigenvalue weighted by Crippen LogP contribution is -2.42. The third-order valence-corrected chi connectivity index (χ3v) is 6.56. The fourth-order valence-electron chi connectivity index (χ4n) is 4.52. The highest BCUT2D eigenvalue weighted by atomic mass is 19.4. The number of hydrogen-bond donors (Lipinski definition) is 2. The summed E-state index contributed by atoms with van der Waals surface area (Å²) in [6.07, 6.45) is -1.98. The molecule has 1 amide bonds. The van der Waals surface area contributed by atoms with E-state index < -0.39 is 11.9 Å². The molecule has 2 rings (SSSR count). The Morgan fingerprint density at radius 3 is 2.37 bits per heavy atom. The second kappa shape index (κ2) is 15.5. The first-order chi connectivity index (χ1) is 19.1. The van der Waals surface area contributed by atoms with E-state index in [9.17, 15) is 18.0 Å². The van der Waals surface area contributed by atoms with Gasteiger partial charge in [0.05, 0.1) is 6.10 Å². The number of piperidine rings is 1. The second-order valence-electron chi connectivity index (χ2n) is 11.9. The molecule has 0 aliphatic carbocycles. The summed E-state index contributed by atoms with van der Waals surface area (Å²) in [5.41, 5.74) is -1.26. The third kappa shape index (κ3) is 11.9. The summed E-state index contributed by atoms with van der Waals surface area (Å²) in [4.78, 5) is 24.7. The van der Waals surface area contributed by atoms with Gasteiger partial charge in [-0.2, -0.15) is 18.2 Å². The first-order valence-electron chi connectivity index (χ1n) is 14.6. The number of hydrogen-bond acceptors (Lipinski definition) is 8. The number of alkyl halides is 3. The van der Waals surface area contributed by atoms with Crippen molar-refractivity contribution in [1.82, 2.24) is 20.2 Å². The maximum Gasteiger partial charge on any atom is 0.433 e. The number of rotatable bonds is 15. The molecule has 0 unspecified atom stereocenters. The Bertz CT molecular complexity index is 989. The number of nitrogens with one attached hydrogen (secondary N) is 2. The van der Waals surface area contributed by atoms with Crippen molar-refractivity contribution in [2.45, 2.75) is 92.0 Å². The number of carbonyl (C=O) groups is 1. The van der Waals surface area contributed by atoms with Crippen molar-refractivity contribution in [2.75, 3.05) is 56.1 Å². The number of halogens is 3. The van der Waals surface area contributed by atoms with Gasteiger partial charge < -0.3 is 29.9 Å². The molecule has 1 saturated heterocycles. The molecule has 1 fully saturated rings. The molecule has 234 valence electrons. The lowest BCUT2D eigenvalue weighted by Gasteiger charge is -2.34. The molecule has 1 aliphatic heterocycles. The topological polar surface area (TPSA) is 91.9 Å². The van der Waals surface area contributed by atoms with Crippen LogP contribution in [0, 0.1) is 12.8 Å². The molecule has 41 heavy (non-hydrogen) atoms. The fourth-order valence-corrected chi connectivity index (χ4v) is 4.52. The highest BCUT2D eigenvalue weighted by Crippen LogP contribution is 2.35. The van der Waals surface area contributed by atoms with Crippen LogP contribution in [0.25, 0.3) is 0 Å². The Hall–Kier alpha value is -2.76. The van der Waals surface area contributed by atoms with Crippen LogP contribution in [0.4, 0.5) is 24.9 Å². The SMILES string of the molecule is C=C(NCCN(CCC)C(=O)COC1CCN(c2nc(NCCC(C)C)nc(C(F)(F)F)c2C)CC1)OC(C)(C)C. The van der Waals surface area contributed by atoms with Crippen molar-refractivity contribution in [2.24, 2.45) is 5.92 Å². The smallest absolute Gasteiger partial charge is 0.433 e. The highest BCUT2D eigenvalue weighted by Gasteiger charge is 2.37. The van der Waals surface area contributed by atoms with E-state index in [0.717, 1.165) is 12.8 Å². The van der Waals surface area contributed by atoms with Gasteiger partial charge in [0.2, 0.25) is 11.9 Å². The molecule has 0 radical (unpaired) electrons. The zero-order valence-electron chi connectivity index (χ0n) is 25.8. The highest BCUT2D eigenvalue weighted by molar-refractivity contribution is 5.77. The number of amides is 1. The van der Waals surface area contributed by atoms with Crippen LogP contribution in [0.3, 0.4) is 0 Å². The van der Waals surface area contributed by atoms with Crippen LogP contribution in [0.5, 0.6) is 0 Å². The largest absolute Gasteiger partial charge is 0.474 e. The summed E-state index contributed by atoms with van der Waals surface area (Å²) in [6.45, 7) is 20.2. The molecule has 12 heteroatoms. The molecule has 0 saturated carbocycles. The van der Waals surface area contributed by atoms with Gasteiger partial charge >= 0.3 is 6.18 Å². The Morgan fingerprint density at radius 2 is 1.80 bits per heavy atom. The van der Waals surface area contributed by atoms with Crippen LogP contribution in [0.15, 0.2) is 12.5 Å². The van der Waals surface area contributed by atoms with Crippen molar-refractivity contribution in [3.05, 3.63) is 23.7 Å². The molecule has 1 aromatic heterocycles. The Kier molecular flexibility index (Phi) is 13.0. The summed E-state index contributed by atoms with van der Waals surface area (Å²) in [7, 11) is 0. The summed E-state index contributed by atoms with van der Waals surface area (Å²) in [6, 6.07) is 0. The van der Waals surface area contributed by atoms with E-state index in [1.54, 1.807) is 4.90 Å². The van der Waals surface area contributed by atoms with Crippen molar-refractivity contribution in [1.29, 1.82) is 0 Å². The Morgan fingerprint density at radius 1 is 1.15 bits per heavy atom. The van der Waals surface area contributed by atoms with Crippen molar-refractivity contribution >= 4 is 17.7 Å². The van der Waals surface area contributed by atoms with Crippen LogP contribution in [-0.4, -0.2) is 78.4 Å². The number of carbonyl (C=O) groups excluding carboxylic acids is 1. The molecule has 2 N–H and O–H groups in total. The predicted molar refractivity (Wildman–Crippen MR) is 156 cm³/mol. The molecular weight excluding hydrogens is 537 g/mol. The maximum atomic E-state index is 13.8. The Labute approximate surface area is 243 Å². The van der Waals surface area contributed by atoms with Gasteiger partial charge in [0.15, 0.2) is 11.6 Å². The van der Waals surface area contributed by atoms with Gasteiger partial charge in [-0.1, -0.05) is 20.8 Å². The predicted octanol–water partition coefficient (Wildman–Crippen LogP) is 5.36. The van der Waals surface area contributed by atoms with Crippen LogP contribution >= 0.6 is 0 Å². The molecule has 9 nitrogen and oxygen atoms in total. The van der Waals surface area contributed by atoms with Gasteiger partial charge in [0.25, 0.3) is 0 Å². The van der Waals surface area contributed by atoms with Crippen LogP contribution < -0.4 is 15.5 Å². The summed E-state index contributed by atoms with van der Waals surface area (Å²) >= 11 is 0. The van der Waals surface area contributed by atoms with E-state index in [-0.39, 0.29) is 41.5 Å². The summed E-state index contributed by atoms with van der Waals surface area (Å²) in [5.74, 6) is 1.04. The minimum atomic E-state index is -4.58. The van der Waals surface area contributed by atoms with E-state index >= 15 is 0 Å². The van der Waals surface area contributed by atoms with Gasteiger partial charge in [-0.05, 0) is 65.9 Å². The zero-order chi connectivity index (χ0) is 30.8. The molecule has 0 aromatic carbocycles. The fraction of sp³-hybridized carbons (Fsp3) is 0.759. The van der Waals surface area contributed by atoms with Gasteiger partial charge in [-0.15, -0.1) is 0 Å². The third-order valence-electron chi connectivity index (χ3n) is 6.56. The van der Waals surface area contributed by atoms with E-state index in [0.29, 0.717) is 63.9 Å². The normalized spacial score (nSPS) is 14.8. The molecule has 0 spiro atoms. The van der Waals surface area contributed by atoms with Gasteiger partial charge in [0, 0.05) is 44.8 Å². The van der Waals surface area contributed by atoms with E-state index in [4.69, 9.17) is 9.47 Å². The molecular formula is C29H49F3N6O3. The molecule has 1 aromatic rings. The van der Waals surface area contributed by atoms with Crippen LogP contribution in [0.2, 0.25) is 0 Å². The number of nitrogens with zero attached hydrogens (tertiary/aromatic N) is 4. The molecule has 0 atom stereocenters. The first-order valence-corrected chi connectivity index (χ1v) is 14.6. The average Bonchev–Trinajstić information content (AvgIpc) is 2.86. The zero-order valence-corrected chi connectivity index (χ0v) is 25.8.